The molecular weight excluding hydrogens is 466 g/mol. The lowest BCUT2D eigenvalue weighted by Crippen LogP contribution is -2.49. The van der Waals surface area contributed by atoms with Crippen molar-refractivity contribution < 1.29 is 38.1 Å². The highest BCUT2D eigenvalue weighted by Gasteiger charge is 2.31. The van der Waals surface area contributed by atoms with Crippen LogP contribution < -0.4 is 10.1 Å². The van der Waals surface area contributed by atoms with Crippen molar-refractivity contribution in [3.63, 3.8) is 0 Å². The molecule has 0 spiro atoms. The first-order valence-electron chi connectivity index (χ1n) is 12.3. The second-order valence-electron chi connectivity index (χ2n) is 8.98. The SMILES string of the molecule is C=C(CC(=O)OC1CCCCCCC1)C(=O)O[C@H](C)[C@H](NC(C)=O)C(=O)OCc1ccc(OC)cc1. The van der Waals surface area contributed by atoms with Crippen LogP contribution in [0.1, 0.15) is 70.8 Å². The first-order chi connectivity index (χ1) is 17.2. The number of carbonyl (C=O) groups excluding carboxylic acids is 4. The minimum atomic E-state index is -1.24. The zero-order valence-corrected chi connectivity index (χ0v) is 21.4. The van der Waals surface area contributed by atoms with Crippen molar-refractivity contribution >= 4 is 23.8 Å². The largest absolute Gasteiger partial charge is 0.497 e. The van der Waals surface area contributed by atoms with E-state index < -0.39 is 36.0 Å². The van der Waals surface area contributed by atoms with Crippen molar-refractivity contribution in [2.75, 3.05) is 7.11 Å². The first kappa shape index (κ1) is 28.9. The Balaban J connectivity index is 1.88. The highest BCUT2D eigenvalue weighted by molar-refractivity contribution is 5.93. The third-order valence-electron chi connectivity index (χ3n) is 5.91. The molecule has 0 saturated heterocycles. The van der Waals surface area contributed by atoms with E-state index in [0.29, 0.717) is 11.3 Å². The van der Waals surface area contributed by atoms with E-state index in [0.717, 1.165) is 38.5 Å². The van der Waals surface area contributed by atoms with E-state index in [1.54, 1.807) is 31.4 Å². The van der Waals surface area contributed by atoms with Gasteiger partial charge in [-0.3, -0.25) is 9.59 Å². The zero-order valence-electron chi connectivity index (χ0n) is 21.4. The number of rotatable bonds is 11. The summed E-state index contributed by atoms with van der Waals surface area (Å²) >= 11 is 0. The van der Waals surface area contributed by atoms with Crippen LogP contribution in [0.15, 0.2) is 36.4 Å². The van der Waals surface area contributed by atoms with Gasteiger partial charge in [-0.1, -0.05) is 38.0 Å². The number of hydrogen-bond acceptors (Lipinski definition) is 8. The van der Waals surface area contributed by atoms with Crippen LogP contribution in [0.4, 0.5) is 0 Å². The zero-order chi connectivity index (χ0) is 26.5. The Morgan fingerprint density at radius 1 is 1.03 bits per heavy atom. The number of amides is 1. The fourth-order valence-electron chi connectivity index (χ4n) is 3.88. The predicted octanol–water partition coefficient (Wildman–Crippen LogP) is 3.78. The molecule has 9 heteroatoms. The Bertz CT molecular complexity index is 903. The van der Waals surface area contributed by atoms with Gasteiger partial charge in [0, 0.05) is 12.5 Å². The molecule has 1 aliphatic rings. The maximum absolute atomic E-state index is 12.7. The smallest absolute Gasteiger partial charge is 0.334 e. The number of methoxy groups -OCH3 is 1. The summed E-state index contributed by atoms with van der Waals surface area (Å²) in [7, 11) is 1.55. The van der Waals surface area contributed by atoms with Crippen LogP contribution in [0.25, 0.3) is 0 Å². The Labute approximate surface area is 212 Å². The Morgan fingerprint density at radius 2 is 1.64 bits per heavy atom. The van der Waals surface area contributed by atoms with Gasteiger partial charge in [0.2, 0.25) is 5.91 Å². The molecule has 1 N–H and O–H groups in total. The minimum absolute atomic E-state index is 0.0424. The first-order valence-corrected chi connectivity index (χ1v) is 12.3. The van der Waals surface area contributed by atoms with E-state index in [1.165, 1.54) is 20.3 Å². The molecule has 1 fully saturated rings. The number of carbonyl (C=O) groups is 4. The van der Waals surface area contributed by atoms with Gasteiger partial charge in [0.15, 0.2) is 6.04 Å². The van der Waals surface area contributed by atoms with Crippen molar-refractivity contribution in [3.8, 4) is 5.75 Å². The standard InChI is InChI=1S/C27H37NO8/c1-18(16-24(30)36-23-10-8-6-5-7-9-11-23)26(31)35-19(2)25(28-20(3)29)27(32)34-17-21-12-14-22(33-4)15-13-21/h12-15,19,23,25H,1,5-11,16-17H2,2-4H3,(H,28,29)/t19-,25+/m1/s1. The van der Waals surface area contributed by atoms with Crippen molar-refractivity contribution in [3.05, 3.63) is 42.0 Å². The molecule has 1 aromatic rings. The van der Waals surface area contributed by atoms with Crippen LogP contribution >= 0.6 is 0 Å². The molecule has 1 saturated carbocycles. The van der Waals surface area contributed by atoms with Crippen molar-refractivity contribution in [1.29, 1.82) is 0 Å². The topological polar surface area (TPSA) is 117 Å². The molecule has 0 radical (unpaired) electrons. The van der Waals surface area contributed by atoms with Gasteiger partial charge in [0.1, 0.15) is 24.6 Å². The van der Waals surface area contributed by atoms with Crippen molar-refractivity contribution in [1.82, 2.24) is 5.32 Å². The second-order valence-corrected chi connectivity index (χ2v) is 8.98. The fourth-order valence-corrected chi connectivity index (χ4v) is 3.88. The molecule has 0 aliphatic heterocycles. The quantitative estimate of drug-likeness (QED) is 0.275. The molecule has 0 unspecified atom stereocenters. The minimum Gasteiger partial charge on any atom is -0.497 e. The lowest BCUT2D eigenvalue weighted by atomic mass is 9.98. The van der Waals surface area contributed by atoms with Crippen LogP contribution in [0, 0.1) is 0 Å². The molecular formula is C27H37NO8. The monoisotopic (exact) mass is 503 g/mol. The van der Waals surface area contributed by atoms with Gasteiger partial charge in [-0.05, 0) is 50.3 Å². The molecule has 0 aromatic heterocycles. The number of ether oxygens (including phenoxy) is 4. The number of benzene rings is 1. The van der Waals surface area contributed by atoms with Crippen molar-refractivity contribution in [2.24, 2.45) is 0 Å². The van der Waals surface area contributed by atoms with E-state index in [4.69, 9.17) is 18.9 Å². The number of esters is 3. The summed E-state index contributed by atoms with van der Waals surface area (Å²) in [5.41, 5.74) is 0.623. The second kappa shape index (κ2) is 14.9. The van der Waals surface area contributed by atoms with Gasteiger partial charge >= 0.3 is 17.9 Å². The van der Waals surface area contributed by atoms with Gasteiger partial charge in [0.25, 0.3) is 0 Å². The maximum atomic E-state index is 12.7. The summed E-state index contributed by atoms with van der Waals surface area (Å²) in [6, 6.07) is 5.70. The van der Waals surface area contributed by atoms with Gasteiger partial charge in [0.05, 0.1) is 13.5 Å². The van der Waals surface area contributed by atoms with E-state index in [1.807, 2.05) is 0 Å². The van der Waals surface area contributed by atoms with Crippen LogP contribution in [0.3, 0.4) is 0 Å². The maximum Gasteiger partial charge on any atom is 0.334 e. The van der Waals surface area contributed by atoms with Gasteiger partial charge < -0.3 is 24.3 Å². The highest BCUT2D eigenvalue weighted by atomic mass is 16.6. The van der Waals surface area contributed by atoms with Gasteiger partial charge in [-0.15, -0.1) is 0 Å². The predicted molar refractivity (Wildman–Crippen MR) is 132 cm³/mol. The summed E-state index contributed by atoms with van der Waals surface area (Å²) in [5.74, 6) is -1.99. The van der Waals surface area contributed by atoms with Crippen LogP contribution in [0.5, 0.6) is 5.75 Å². The Hall–Kier alpha value is -3.36. The van der Waals surface area contributed by atoms with E-state index in [9.17, 15) is 19.2 Å². The Morgan fingerprint density at radius 3 is 2.22 bits per heavy atom. The van der Waals surface area contributed by atoms with Gasteiger partial charge in [-0.25, -0.2) is 9.59 Å². The average Bonchev–Trinajstić information content (AvgIpc) is 2.82. The van der Waals surface area contributed by atoms with Crippen molar-refractivity contribution in [2.45, 2.75) is 90.1 Å². The number of hydrogen-bond donors (Lipinski definition) is 1. The molecule has 36 heavy (non-hydrogen) atoms. The molecule has 1 aliphatic carbocycles. The van der Waals surface area contributed by atoms with Gasteiger partial charge in [-0.2, -0.15) is 0 Å². The third-order valence-corrected chi connectivity index (χ3v) is 5.91. The lowest BCUT2D eigenvalue weighted by Gasteiger charge is -2.24. The molecule has 1 aromatic carbocycles. The molecule has 0 bridgehead atoms. The normalized spacial score (nSPS) is 15.9. The Kier molecular flexibility index (Phi) is 12.0. The van der Waals surface area contributed by atoms with Crippen LogP contribution in [0.2, 0.25) is 0 Å². The molecule has 198 valence electrons. The molecule has 0 heterocycles. The van der Waals surface area contributed by atoms with Crippen LogP contribution in [-0.2, 0) is 40.0 Å². The summed E-state index contributed by atoms with van der Waals surface area (Å²) in [6.45, 7) is 6.29. The lowest BCUT2D eigenvalue weighted by molar-refractivity contribution is -0.159. The fraction of sp³-hybridized carbons (Fsp3) is 0.556. The number of nitrogens with one attached hydrogen (secondary N) is 1. The summed E-state index contributed by atoms with van der Waals surface area (Å²) in [5, 5.41) is 2.45. The average molecular weight is 504 g/mol. The summed E-state index contributed by atoms with van der Waals surface area (Å²) < 4.78 is 21.3. The van der Waals surface area contributed by atoms with Crippen LogP contribution in [-0.4, -0.2) is 49.2 Å². The molecule has 2 rings (SSSR count). The summed E-state index contributed by atoms with van der Waals surface area (Å²) in [6.07, 6.45) is 5.59. The molecule has 1 amide bonds. The highest BCUT2D eigenvalue weighted by Crippen LogP contribution is 2.20. The van der Waals surface area contributed by atoms with E-state index in [-0.39, 0.29) is 24.7 Å². The molecule has 2 atom stereocenters. The third kappa shape index (κ3) is 10.1. The summed E-state index contributed by atoms with van der Waals surface area (Å²) in [4.78, 5) is 49.2. The van der Waals surface area contributed by atoms with E-state index >= 15 is 0 Å². The van der Waals surface area contributed by atoms with E-state index in [2.05, 4.69) is 11.9 Å². The molecule has 9 nitrogen and oxygen atoms in total.